The molecule has 6 rings (SSSR count). The summed E-state index contributed by atoms with van der Waals surface area (Å²) in [5.74, 6) is 0. The number of rotatable bonds is 3. The third-order valence-corrected chi connectivity index (χ3v) is 7.08. The number of hydrogen-bond donors (Lipinski definition) is 2. The van der Waals surface area contributed by atoms with E-state index in [9.17, 15) is 10.1 Å². The number of piperidine rings is 2. The topological polar surface area (TPSA) is 93.9 Å². The van der Waals surface area contributed by atoms with Crippen LogP contribution in [0.3, 0.4) is 0 Å². The number of hydrogen-bond acceptors (Lipinski definition) is 6. The summed E-state index contributed by atoms with van der Waals surface area (Å²) < 4.78 is 0. The quantitative estimate of drug-likeness (QED) is 0.627. The molecule has 0 aliphatic carbocycles. The molecule has 2 N–H and O–H groups in total. The Labute approximate surface area is 191 Å². The van der Waals surface area contributed by atoms with E-state index in [0.29, 0.717) is 16.7 Å². The van der Waals surface area contributed by atoms with Crippen molar-refractivity contribution in [1.82, 2.24) is 20.2 Å². The lowest BCUT2D eigenvalue weighted by Crippen LogP contribution is -2.63. The van der Waals surface area contributed by atoms with Gasteiger partial charge in [0.15, 0.2) is 5.13 Å². The molecule has 2 bridgehead atoms. The lowest BCUT2D eigenvalue weighted by atomic mass is 9.93. The molecule has 3 fully saturated rings. The van der Waals surface area contributed by atoms with Crippen LogP contribution < -0.4 is 10.6 Å². The van der Waals surface area contributed by atoms with Gasteiger partial charge in [-0.2, -0.15) is 5.26 Å². The first-order valence-electron chi connectivity index (χ1n) is 10.8. The number of thiazole rings is 1. The fraction of sp³-hybridized carbons (Fsp3) is 0.333. The fourth-order valence-corrected chi connectivity index (χ4v) is 5.55. The Bertz CT molecular complexity index is 1200. The van der Waals surface area contributed by atoms with Crippen LogP contribution in [0.25, 0.3) is 21.7 Å². The molecular formula is C24H24N6OS. The van der Waals surface area contributed by atoms with E-state index in [0.717, 1.165) is 59.0 Å². The molecule has 0 radical (unpaired) electrons. The number of piperazine rings is 1. The Balaban J connectivity index is 1.52. The smallest absolute Gasteiger partial charge is 0.319 e. The van der Waals surface area contributed by atoms with E-state index in [2.05, 4.69) is 21.7 Å². The minimum Gasteiger partial charge on any atom is -0.319 e. The van der Waals surface area contributed by atoms with Crippen LogP contribution in [0.5, 0.6) is 0 Å². The molecule has 3 saturated heterocycles. The van der Waals surface area contributed by atoms with Gasteiger partial charge in [0.25, 0.3) is 0 Å². The molecule has 32 heavy (non-hydrogen) atoms. The molecule has 2 amide bonds. The Hall–Kier alpha value is -3.28. The molecule has 3 aliphatic heterocycles. The summed E-state index contributed by atoms with van der Waals surface area (Å²) in [6.07, 6.45) is 2.16. The van der Waals surface area contributed by atoms with Crippen LogP contribution in [0.4, 0.5) is 9.93 Å². The summed E-state index contributed by atoms with van der Waals surface area (Å²) >= 11 is 1.45. The van der Waals surface area contributed by atoms with Crippen molar-refractivity contribution < 1.29 is 4.79 Å². The number of amides is 2. The highest BCUT2D eigenvalue weighted by Gasteiger charge is 2.36. The molecule has 8 heteroatoms. The van der Waals surface area contributed by atoms with Crippen LogP contribution in [-0.2, 0) is 0 Å². The third kappa shape index (κ3) is 3.97. The van der Waals surface area contributed by atoms with E-state index in [1.165, 1.54) is 11.3 Å². The number of fused-ring (bicyclic) bond motifs is 3. The maximum Gasteiger partial charge on any atom is 0.323 e. The SMILES string of the molecule is Cc1cc(-c2sc(NC(=O)N3C[C@@H]4CC[C@H]3CN4)nc2-c2cccc(C#N)c2)cc(C)n1. The van der Waals surface area contributed by atoms with Crippen LogP contribution in [0.15, 0.2) is 36.4 Å². The molecule has 3 aromatic rings. The van der Waals surface area contributed by atoms with E-state index in [-0.39, 0.29) is 12.1 Å². The molecule has 0 spiro atoms. The van der Waals surface area contributed by atoms with Crippen molar-refractivity contribution in [1.29, 1.82) is 5.26 Å². The molecule has 2 aromatic heterocycles. The molecule has 1 aromatic carbocycles. The number of nitriles is 1. The Kier molecular flexibility index (Phi) is 5.37. The first kappa shape index (κ1) is 20.6. The summed E-state index contributed by atoms with van der Waals surface area (Å²) in [6.45, 7) is 5.52. The van der Waals surface area contributed by atoms with Crippen molar-refractivity contribution in [3.05, 3.63) is 53.3 Å². The fourth-order valence-electron chi connectivity index (χ4n) is 4.59. The van der Waals surface area contributed by atoms with Gasteiger partial charge in [-0.25, -0.2) is 9.78 Å². The molecule has 3 aliphatic rings. The molecule has 2 atom stereocenters. The highest BCUT2D eigenvalue weighted by molar-refractivity contribution is 7.19. The van der Waals surface area contributed by atoms with Crippen LogP contribution in [0.1, 0.15) is 29.8 Å². The maximum atomic E-state index is 13.1. The van der Waals surface area contributed by atoms with Gasteiger partial charge < -0.3 is 10.2 Å². The third-order valence-electron chi connectivity index (χ3n) is 6.06. The molecular weight excluding hydrogens is 420 g/mol. The first-order chi connectivity index (χ1) is 15.5. The number of aromatic nitrogens is 2. The number of nitrogens with one attached hydrogen (secondary N) is 2. The number of nitrogens with zero attached hydrogens (tertiary/aromatic N) is 4. The normalized spacial score (nSPS) is 19.6. The van der Waals surface area contributed by atoms with Crippen molar-refractivity contribution in [2.45, 2.75) is 38.8 Å². The molecule has 7 nitrogen and oxygen atoms in total. The summed E-state index contributed by atoms with van der Waals surface area (Å²) in [7, 11) is 0. The maximum absolute atomic E-state index is 13.1. The van der Waals surface area contributed by atoms with Crippen molar-refractivity contribution in [2.24, 2.45) is 0 Å². The van der Waals surface area contributed by atoms with Gasteiger partial charge in [0.05, 0.1) is 22.2 Å². The lowest BCUT2D eigenvalue weighted by Gasteiger charge is -2.45. The minimum atomic E-state index is -0.0964. The number of anilines is 1. The summed E-state index contributed by atoms with van der Waals surface area (Å²) in [5.41, 5.74) is 5.04. The Morgan fingerprint density at radius 3 is 2.66 bits per heavy atom. The molecule has 162 valence electrons. The van der Waals surface area contributed by atoms with Crippen molar-refractivity contribution in [2.75, 3.05) is 18.4 Å². The van der Waals surface area contributed by atoms with E-state index < -0.39 is 0 Å². The predicted octanol–water partition coefficient (Wildman–Crippen LogP) is 4.33. The zero-order chi connectivity index (χ0) is 22.2. The van der Waals surface area contributed by atoms with Crippen molar-refractivity contribution in [3.8, 4) is 27.8 Å². The largest absolute Gasteiger partial charge is 0.323 e. The number of pyridine rings is 1. The van der Waals surface area contributed by atoms with Gasteiger partial charge >= 0.3 is 6.03 Å². The summed E-state index contributed by atoms with van der Waals surface area (Å²) in [6, 6.07) is 14.2. The highest BCUT2D eigenvalue weighted by Crippen LogP contribution is 2.40. The first-order valence-corrected chi connectivity index (χ1v) is 11.6. The summed E-state index contributed by atoms with van der Waals surface area (Å²) in [5, 5.41) is 16.4. The minimum absolute atomic E-state index is 0.0964. The van der Waals surface area contributed by atoms with Gasteiger partial charge in [0.2, 0.25) is 0 Å². The van der Waals surface area contributed by atoms with E-state index in [4.69, 9.17) is 4.98 Å². The average Bonchev–Trinajstić information content (AvgIpc) is 3.23. The second kappa shape index (κ2) is 8.34. The second-order valence-corrected chi connectivity index (χ2v) is 9.45. The molecule has 0 unspecified atom stereocenters. The van der Waals surface area contributed by atoms with Crippen LogP contribution in [0, 0.1) is 25.2 Å². The second-order valence-electron chi connectivity index (χ2n) is 8.45. The molecule has 0 saturated carbocycles. The molecule has 5 heterocycles. The van der Waals surface area contributed by atoms with Crippen molar-refractivity contribution in [3.63, 3.8) is 0 Å². The number of carbonyl (C=O) groups is 1. The van der Waals surface area contributed by atoms with Gasteiger partial charge in [-0.15, -0.1) is 0 Å². The Morgan fingerprint density at radius 1 is 1.19 bits per heavy atom. The monoisotopic (exact) mass is 444 g/mol. The summed E-state index contributed by atoms with van der Waals surface area (Å²) in [4.78, 5) is 25.2. The zero-order valence-corrected chi connectivity index (χ0v) is 18.9. The van der Waals surface area contributed by atoms with E-state index >= 15 is 0 Å². The standard InChI is InChI=1S/C24H24N6OS/c1-14-8-18(9-15(2)27-14)22-21(17-5-3-4-16(10-17)11-25)28-23(32-22)29-24(31)30-13-19-6-7-20(30)12-26-19/h3-5,8-10,19-20,26H,6-7,12-13H2,1-2H3,(H,28,29,31)/t19-,20-/m0/s1. The predicted molar refractivity (Wildman–Crippen MR) is 126 cm³/mol. The van der Waals surface area contributed by atoms with E-state index in [1.807, 2.05) is 49.1 Å². The van der Waals surface area contributed by atoms with E-state index in [1.54, 1.807) is 6.07 Å². The van der Waals surface area contributed by atoms with Gasteiger partial charge in [-0.3, -0.25) is 10.3 Å². The number of carbonyl (C=O) groups excluding carboxylic acids is 1. The van der Waals surface area contributed by atoms with Crippen LogP contribution in [0.2, 0.25) is 0 Å². The number of benzene rings is 1. The van der Waals surface area contributed by atoms with Crippen LogP contribution >= 0.6 is 11.3 Å². The number of aryl methyl sites for hydroxylation is 2. The lowest BCUT2D eigenvalue weighted by molar-refractivity contribution is 0.106. The average molecular weight is 445 g/mol. The zero-order valence-electron chi connectivity index (χ0n) is 18.1. The van der Waals surface area contributed by atoms with Gasteiger partial charge in [0, 0.05) is 42.1 Å². The van der Waals surface area contributed by atoms with Gasteiger partial charge in [-0.05, 0) is 56.5 Å². The van der Waals surface area contributed by atoms with Crippen LogP contribution in [-0.4, -0.2) is 46.1 Å². The van der Waals surface area contributed by atoms with Gasteiger partial charge in [0.1, 0.15) is 0 Å². The number of urea groups is 1. The Morgan fingerprint density at radius 2 is 2.00 bits per heavy atom. The van der Waals surface area contributed by atoms with Gasteiger partial charge in [-0.1, -0.05) is 23.5 Å². The highest BCUT2D eigenvalue weighted by atomic mass is 32.1. The van der Waals surface area contributed by atoms with Crippen molar-refractivity contribution >= 4 is 22.5 Å².